The van der Waals surface area contributed by atoms with Gasteiger partial charge in [-0.15, -0.1) is 11.3 Å². The molecule has 1 atom stereocenters. The first kappa shape index (κ1) is 25.4. The average molecular weight is 516 g/mol. The van der Waals surface area contributed by atoms with Crippen LogP contribution in [0.4, 0.5) is 18.9 Å². The summed E-state index contributed by atoms with van der Waals surface area (Å²) in [7, 11) is 3.04. The molecule has 0 saturated carbocycles. The van der Waals surface area contributed by atoms with Crippen LogP contribution in [0.1, 0.15) is 24.5 Å². The van der Waals surface area contributed by atoms with E-state index in [1.54, 1.807) is 0 Å². The van der Waals surface area contributed by atoms with E-state index in [1.165, 1.54) is 49.4 Å². The van der Waals surface area contributed by atoms with E-state index in [9.17, 15) is 27.6 Å². The second kappa shape index (κ2) is 9.09. The molecule has 1 aromatic heterocycles. The van der Waals surface area contributed by atoms with Gasteiger partial charge >= 0.3 is 6.18 Å². The third-order valence-corrected chi connectivity index (χ3v) is 7.50. The number of hydrogen-bond acceptors (Lipinski definition) is 4. The van der Waals surface area contributed by atoms with Crippen LogP contribution in [-0.4, -0.2) is 36.7 Å². The second-order valence-electron chi connectivity index (χ2n) is 9.01. The zero-order chi connectivity index (χ0) is 26.4. The number of nitrogens with zero attached hydrogens (tertiary/aromatic N) is 2. The molecule has 0 bridgehead atoms. The maximum Gasteiger partial charge on any atom is 0.416 e. The van der Waals surface area contributed by atoms with Crippen molar-refractivity contribution < 1.29 is 27.6 Å². The molecule has 0 fully saturated rings. The Labute approximate surface area is 209 Å². The van der Waals surface area contributed by atoms with Crippen molar-refractivity contribution in [3.05, 3.63) is 76.3 Å². The second-order valence-corrected chi connectivity index (χ2v) is 9.92. The number of alkyl halides is 3. The molecule has 1 aliphatic heterocycles. The van der Waals surface area contributed by atoms with Crippen molar-refractivity contribution in [2.45, 2.75) is 25.9 Å². The lowest BCUT2D eigenvalue weighted by Crippen LogP contribution is -2.56. The van der Waals surface area contributed by atoms with E-state index in [4.69, 9.17) is 5.73 Å². The Bertz CT molecular complexity index is 1410. The molecule has 1 aliphatic rings. The number of benzene rings is 2. The summed E-state index contributed by atoms with van der Waals surface area (Å²) in [5, 5.41) is 2.67. The number of halogens is 3. The minimum Gasteiger partial charge on any atom is -0.369 e. The molecule has 0 spiro atoms. The number of amides is 3. The number of carbonyl (C=O) groups is 3. The first-order chi connectivity index (χ1) is 16.9. The number of fused-ring (bicyclic) bond motifs is 1. The molecule has 6 nitrogen and oxygen atoms in total. The zero-order valence-corrected chi connectivity index (χ0v) is 20.7. The minimum atomic E-state index is -4.65. The summed E-state index contributed by atoms with van der Waals surface area (Å²) in [5.74, 6) is -2.17. The molecule has 0 saturated heterocycles. The highest BCUT2D eigenvalue weighted by Gasteiger charge is 2.53. The fraction of sp³-hybridized carbons (Fsp3) is 0.269. The highest BCUT2D eigenvalue weighted by molar-refractivity contribution is 7.17. The lowest BCUT2D eigenvalue weighted by molar-refractivity contribution is -0.141. The van der Waals surface area contributed by atoms with Crippen molar-refractivity contribution in [3.63, 3.8) is 0 Å². The monoisotopic (exact) mass is 515 g/mol. The highest BCUT2D eigenvalue weighted by Crippen LogP contribution is 2.44. The molecular weight excluding hydrogens is 491 g/mol. The Kier molecular flexibility index (Phi) is 6.42. The Morgan fingerprint density at radius 1 is 1.14 bits per heavy atom. The Morgan fingerprint density at radius 3 is 2.47 bits per heavy atom. The molecule has 0 radical (unpaired) electrons. The zero-order valence-electron chi connectivity index (χ0n) is 19.8. The fourth-order valence-electron chi connectivity index (χ4n) is 4.55. The number of anilines is 1. The topological polar surface area (TPSA) is 83.7 Å². The van der Waals surface area contributed by atoms with E-state index in [0.717, 1.165) is 27.1 Å². The van der Waals surface area contributed by atoms with Crippen molar-refractivity contribution in [1.82, 2.24) is 4.90 Å². The van der Waals surface area contributed by atoms with Gasteiger partial charge < -0.3 is 10.6 Å². The third-order valence-electron chi connectivity index (χ3n) is 6.48. The molecule has 188 valence electrons. The molecule has 36 heavy (non-hydrogen) atoms. The quantitative estimate of drug-likeness (QED) is 0.499. The van der Waals surface area contributed by atoms with Crippen molar-refractivity contribution in [2.75, 3.05) is 19.0 Å². The summed E-state index contributed by atoms with van der Waals surface area (Å²) >= 11 is 1.44. The summed E-state index contributed by atoms with van der Waals surface area (Å²) in [4.78, 5) is 42.6. The number of thiophene rings is 1. The minimum absolute atomic E-state index is 0.0991. The van der Waals surface area contributed by atoms with Gasteiger partial charge in [0.05, 0.1) is 5.56 Å². The number of likely N-dealkylation sites (N-methyl/N-ethyl adjacent to an activating group) is 1. The number of rotatable bonds is 5. The van der Waals surface area contributed by atoms with Gasteiger partial charge in [0.15, 0.2) is 0 Å². The van der Waals surface area contributed by atoms with Crippen LogP contribution in [0, 0.1) is 5.41 Å². The molecule has 1 unspecified atom stereocenters. The summed E-state index contributed by atoms with van der Waals surface area (Å²) in [5.41, 5.74) is 3.92. The smallest absolute Gasteiger partial charge is 0.369 e. The molecule has 0 aliphatic carbocycles. The molecule has 10 heteroatoms. The molecule has 3 amide bonds. The lowest BCUT2D eigenvalue weighted by atomic mass is 9.71. The van der Waals surface area contributed by atoms with Crippen LogP contribution < -0.4 is 10.6 Å². The van der Waals surface area contributed by atoms with Crippen LogP contribution in [0.3, 0.4) is 0 Å². The van der Waals surface area contributed by atoms with Crippen LogP contribution in [0.5, 0.6) is 0 Å². The standard InChI is InChI=1S/C26H24F3N3O3S/c1-15-20(22(33)31(2)3)13-25(23(30)34,12-16-14-36-21-10-5-4-9-19(16)21)24(35)32(15)18-8-6-7-17(11-18)26(27,28)29/h4-11,14H,12-13H2,1-3H3,(H2,30,34). The van der Waals surface area contributed by atoms with Gasteiger partial charge in [0.1, 0.15) is 5.41 Å². The van der Waals surface area contributed by atoms with E-state index in [1.807, 2.05) is 29.6 Å². The van der Waals surface area contributed by atoms with Gasteiger partial charge in [-0.05, 0) is 53.9 Å². The molecule has 2 N–H and O–H groups in total. The molecule has 3 aromatic rings. The summed E-state index contributed by atoms with van der Waals surface area (Å²) < 4.78 is 41.4. The van der Waals surface area contributed by atoms with Gasteiger partial charge in [-0.3, -0.25) is 19.3 Å². The number of carbonyl (C=O) groups excluding carboxylic acids is 3. The third kappa shape index (κ3) is 4.26. The van der Waals surface area contributed by atoms with Crippen LogP contribution in [0.25, 0.3) is 10.1 Å². The number of hydrogen-bond donors (Lipinski definition) is 1. The van der Waals surface area contributed by atoms with Crippen molar-refractivity contribution in [1.29, 1.82) is 0 Å². The number of allylic oxidation sites excluding steroid dienone is 1. The van der Waals surface area contributed by atoms with Crippen LogP contribution in [0.2, 0.25) is 0 Å². The largest absolute Gasteiger partial charge is 0.416 e. The summed E-state index contributed by atoms with van der Waals surface area (Å²) in [6, 6.07) is 11.7. The molecule has 2 heterocycles. The van der Waals surface area contributed by atoms with Gasteiger partial charge in [0.2, 0.25) is 11.8 Å². The van der Waals surface area contributed by atoms with Crippen molar-refractivity contribution in [2.24, 2.45) is 11.1 Å². The first-order valence-corrected chi connectivity index (χ1v) is 11.9. The molecular formula is C26H24F3N3O3S. The predicted molar refractivity (Wildman–Crippen MR) is 132 cm³/mol. The van der Waals surface area contributed by atoms with Crippen LogP contribution in [0.15, 0.2) is 65.2 Å². The van der Waals surface area contributed by atoms with Crippen LogP contribution in [-0.2, 0) is 27.0 Å². The van der Waals surface area contributed by atoms with E-state index in [-0.39, 0.29) is 29.8 Å². The van der Waals surface area contributed by atoms with Gasteiger partial charge in [-0.2, -0.15) is 13.2 Å². The van der Waals surface area contributed by atoms with Gasteiger partial charge in [0.25, 0.3) is 5.91 Å². The van der Waals surface area contributed by atoms with E-state index in [0.29, 0.717) is 5.56 Å². The van der Waals surface area contributed by atoms with Crippen LogP contribution >= 0.6 is 11.3 Å². The summed E-state index contributed by atoms with van der Waals surface area (Å²) in [6.07, 6.45) is -5.01. The predicted octanol–water partition coefficient (Wildman–Crippen LogP) is 4.73. The maximum absolute atomic E-state index is 14.0. The average Bonchev–Trinajstić information content (AvgIpc) is 3.22. The number of nitrogens with two attached hydrogens (primary N) is 1. The van der Waals surface area contributed by atoms with E-state index < -0.39 is 34.9 Å². The molecule has 2 aromatic carbocycles. The lowest BCUT2D eigenvalue weighted by Gasteiger charge is -2.41. The van der Waals surface area contributed by atoms with Gasteiger partial charge in [0, 0.05) is 42.2 Å². The fourth-order valence-corrected chi connectivity index (χ4v) is 5.51. The highest BCUT2D eigenvalue weighted by atomic mass is 32.1. The molecule has 4 rings (SSSR count). The Morgan fingerprint density at radius 2 is 1.83 bits per heavy atom. The number of primary amides is 1. The summed E-state index contributed by atoms with van der Waals surface area (Å²) in [6.45, 7) is 1.49. The Balaban J connectivity index is 1.93. The van der Waals surface area contributed by atoms with Gasteiger partial charge in [-0.1, -0.05) is 24.3 Å². The first-order valence-electron chi connectivity index (χ1n) is 11.0. The Hall–Kier alpha value is -3.66. The SMILES string of the molecule is CC1=C(C(=O)N(C)C)CC(Cc2csc3ccccc23)(C(N)=O)C(=O)N1c1cccc(C(F)(F)F)c1. The normalized spacial score (nSPS) is 18.6. The van der Waals surface area contributed by atoms with E-state index in [2.05, 4.69) is 0 Å². The maximum atomic E-state index is 14.0. The van der Waals surface area contributed by atoms with Crippen molar-refractivity contribution in [3.8, 4) is 0 Å². The van der Waals surface area contributed by atoms with Crippen molar-refractivity contribution >= 4 is 44.8 Å². The van der Waals surface area contributed by atoms with Gasteiger partial charge in [-0.25, -0.2) is 0 Å². The van der Waals surface area contributed by atoms with E-state index >= 15 is 0 Å².